The fourth-order valence-electron chi connectivity index (χ4n) is 1.61. The summed E-state index contributed by atoms with van der Waals surface area (Å²) in [7, 11) is -0.432. The molecule has 2 rings (SSSR count). The Kier molecular flexibility index (Phi) is 2.47. The fraction of sp³-hybridized carbons (Fsp3) is 0.545. The van der Waals surface area contributed by atoms with Crippen molar-refractivity contribution in [2.24, 2.45) is 0 Å². The minimum atomic E-state index is -0.432. The first-order valence-corrected chi connectivity index (χ1v) is 5.38. The monoisotopic (exact) mass is 220 g/mol. The van der Waals surface area contributed by atoms with Crippen LogP contribution in [-0.2, 0) is 9.31 Å². The van der Waals surface area contributed by atoms with Crippen LogP contribution in [0, 0.1) is 0 Å². The Balaban J connectivity index is 2.30. The van der Waals surface area contributed by atoms with Gasteiger partial charge in [-0.05, 0) is 27.7 Å². The molecule has 1 aliphatic rings. The molecule has 1 aliphatic heterocycles. The van der Waals surface area contributed by atoms with Gasteiger partial charge in [-0.25, -0.2) is 4.98 Å². The molecular weight excluding hydrogens is 203 g/mol. The summed E-state index contributed by atoms with van der Waals surface area (Å²) in [6, 6.07) is 0. The summed E-state index contributed by atoms with van der Waals surface area (Å²) in [6.07, 6.45) is 5.22. The van der Waals surface area contributed by atoms with Crippen molar-refractivity contribution in [1.82, 2.24) is 9.55 Å². The van der Waals surface area contributed by atoms with Crippen molar-refractivity contribution in [1.29, 1.82) is 0 Å². The molecule has 0 spiro atoms. The van der Waals surface area contributed by atoms with E-state index in [1.807, 2.05) is 38.5 Å². The van der Waals surface area contributed by atoms with Crippen molar-refractivity contribution in [3.05, 3.63) is 19.0 Å². The van der Waals surface area contributed by atoms with Crippen molar-refractivity contribution in [2.75, 3.05) is 0 Å². The van der Waals surface area contributed by atoms with Crippen molar-refractivity contribution in [3.8, 4) is 0 Å². The lowest BCUT2D eigenvalue weighted by Crippen LogP contribution is -2.41. The van der Waals surface area contributed by atoms with Gasteiger partial charge in [0.25, 0.3) is 0 Å². The zero-order valence-electron chi connectivity index (χ0n) is 10.2. The SMILES string of the molecule is C=Cn1ccnc1B1OC(C)(C)C(C)(C)O1. The molecule has 0 bridgehead atoms. The molecule has 0 unspecified atom stereocenters. The van der Waals surface area contributed by atoms with Crippen LogP contribution in [0.15, 0.2) is 19.0 Å². The third-order valence-electron chi connectivity index (χ3n) is 3.36. The van der Waals surface area contributed by atoms with Crippen LogP contribution in [0.3, 0.4) is 0 Å². The van der Waals surface area contributed by atoms with Crippen molar-refractivity contribution in [2.45, 2.75) is 38.9 Å². The molecule has 0 amide bonds. The average molecular weight is 220 g/mol. The van der Waals surface area contributed by atoms with Gasteiger partial charge in [0.15, 0.2) is 0 Å². The van der Waals surface area contributed by atoms with Crippen molar-refractivity contribution in [3.63, 3.8) is 0 Å². The van der Waals surface area contributed by atoms with Gasteiger partial charge in [0, 0.05) is 18.6 Å². The molecule has 0 aliphatic carbocycles. The number of hydrogen-bond donors (Lipinski definition) is 0. The van der Waals surface area contributed by atoms with Crippen LogP contribution in [0.4, 0.5) is 0 Å². The number of aromatic nitrogens is 2. The largest absolute Gasteiger partial charge is 0.533 e. The van der Waals surface area contributed by atoms with Crippen LogP contribution in [0.1, 0.15) is 27.7 Å². The van der Waals surface area contributed by atoms with E-state index in [1.165, 1.54) is 0 Å². The molecule has 4 nitrogen and oxygen atoms in total. The molecule has 0 N–H and O–H groups in total. The van der Waals surface area contributed by atoms with Gasteiger partial charge in [0.2, 0.25) is 0 Å². The van der Waals surface area contributed by atoms with E-state index in [2.05, 4.69) is 11.6 Å². The molecule has 16 heavy (non-hydrogen) atoms. The summed E-state index contributed by atoms with van der Waals surface area (Å²) in [5.41, 5.74) is 0.0549. The molecule has 0 radical (unpaired) electrons. The molecule has 0 atom stereocenters. The number of nitrogens with zero attached hydrogens (tertiary/aromatic N) is 2. The van der Waals surface area contributed by atoms with Crippen LogP contribution in [0.5, 0.6) is 0 Å². The van der Waals surface area contributed by atoms with Gasteiger partial charge in [-0.3, -0.25) is 0 Å². The zero-order valence-corrected chi connectivity index (χ0v) is 10.2. The lowest BCUT2D eigenvalue weighted by atomic mass is 9.89. The smallest absolute Gasteiger partial charge is 0.397 e. The Bertz CT molecular complexity index is 396. The quantitative estimate of drug-likeness (QED) is 0.704. The summed E-state index contributed by atoms with van der Waals surface area (Å²) in [6.45, 7) is 11.8. The molecule has 5 heteroatoms. The molecule has 1 saturated heterocycles. The molecule has 86 valence electrons. The minimum Gasteiger partial charge on any atom is -0.397 e. The minimum absolute atomic E-state index is 0.338. The molecule has 1 aromatic heterocycles. The van der Waals surface area contributed by atoms with Crippen molar-refractivity contribution >= 4 is 19.0 Å². The van der Waals surface area contributed by atoms with Gasteiger partial charge in [-0.15, -0.1) is 0 Å². The second-order valence-electron chi connectivity index (χ2n) is 4.96. The zero-order chi connectivity index (χ0) is 12.0. The molecule has 2 heterocycles. The molecule has 0 aromatic carbocycles. The maximum absolute atomic E-state index is 5.90. The van der Waals surface area contributed by atoms with Gasteiger partial charge in [0.05, 0.1) is 11.2 Å². The van der Waals surface area contributed by atoms with Crippen molar-refractivity contribution < 1.29 is 9.31 Å². The van der Waals surface area contributed by atoms with Crippen LogP contribution in [0.2, 0.25) is 0 Å². The molecule has 0 saturated carbocycles. The lowest BCUT2D eigenvalue weighted by Gasteiger charge is -2.32. The van der Waals surface area contributed by atoms with Gasteiger partial charge in [0.1, 0.15) is 5.72 Å². The van der Waals surface area contributed by atoms with E-state index in [0.29, 0.717) is 0 Å². The van der Waals surface area contributed by atoms with E-state index >= 15 is 0 Å². The highest BCUT2D eigenvalue weighted by Gasteiger charge is 2.53. The highest BCUT2D eigenvalue weighted by Crippen LogP contribution is 2.36. The van der Waals surface area contributed by atoms with Crippen LogP contribution >= 0.6 is 0 Å². The summed E-state index contributed by atoms with van der Waals surface area (Å²) >= 11 is 0. The van der Waals surface area contributed by atoms with Gasteiger partial charge < -0.3 is 13.9 Å². The first-order chi connectivity index (χ1) is 7.37. The molecular formula is C11H17BN2O2. The summed E-state index contributed by atoms with van der Waals surface area (Å²) in [4.78, 5) is 4.24. The summed E-state index contributed by atoms with van der Waals surface area (Å²) in [5, 5.41) is 0. The Hall–Kier alpha value is -1.07. The van der Waals surface area contributed by atoms with E-state index in [-0.39, 0.29) is 11.2 Å². The topological polar surface area (TPSA) is 36.3 Å². The van der Waals surface area contributed by atoms with E-state index in [1.54, 1.807) is 12.4 Å². The maximum Gasteiger partial charge on any atom is 0.533 e. The van der Waals surface area contributed by atoms with E-state index < -0.39 is 7.12 Å². The second kappa shape index (κ2) is 3.47. The van der Waals surface area contributed by atoms with Crippen LogP contribution in [0.25, 0.3) is 6.20 Å². The van der Waals surface area contributed by atoms with E-state index in [9.17, 15) is 0 Å². The predicted molar refractivity (Wildman–Crippen MR) is 64.3 cm³/mol. The second-order valence-corrected chi connectivity index (χ2v) is 4.96. The van der Waals surface area contributed by atoms with Gasteiger partial charge in [-0.1, -0.05) is 6.58 Å². The maximum atomic E-state index is 5.90. The summed E-state index contributed by atoms with van der Waals surface area (Å²) < 4.78 is 13.6. The first-order valence-electron chi connectivity index (χ1n) is 5.38. The number of imidazole rings is 1. The molecule has 1 aromatic rings. The fourth-order valence-corrected chi connectivity index (χ4v) is 1.61. The normalized spacial score (nSPS) is 22.4. The molecule has 1 fully saturated rings. The van der Waals surface area contributed by atoms with Crippen LogP contribution < -0.4 is 5.72 Å². The Morgan fingerprint density at radius 2 is 1.88 bits per heavy atom. The standard InChI is InChI=1S/C11H17BN2O2/c1-6-14-8-7-13-9(14)12-15-10(2,3)11(4,5)16-12/h6-8H,1H2,2-5H3. The van der Waals surface area contributed by atoms with Gasteiger partial charge in [-0.2, -0.15) is 0 Å². The van der Waals surface area contributed by atoms with E-state index in [0.717, 1.165) is 5.72 Å². The Morgan fingerprint density at radius 3 is 2.38 bits per heavy atom. The van der Waals surface area contributed by atoms with Crippen LogP contribution in [-0.4, -0.2) is 27.9 Å². The number of rotatable bonds is 2. The lowest BCUT2D eigenvalue weighted by molar-refractivity contribution is 0.00578. The first kappa shape index (κ1) is 11.4. The van der Waals surface area contributed by atoms with E-state index in [4.69, 9.17) is 9.31 Å². The highest BCUT2D eigenvalue weighted by atomic mass is 16.7. The average Bonchev–Trinajstić information content (AvgIpc) is 2.69. The predicted octanol–water partition coefficient (Wildman–Crippen LogP) is 1.28. The summed E-state index contributed by atoms with van der Waals surface area (Å²) in [5.74, 6) is 0. The Morgan fingerprint density at radius 1 is 1.31 bits per heavy atom. The van der Waals surface area contributed by atoms with Gasteiger partial charge >= 0.3 is 7.12 Å². The number of hydrogen-bond acceptors (Lipinski definition) is 3. The third-order valence-corrected chi connectivity index (χ3v) is 3.36. The highest BCUT2D eigenvalue weighted by molar-refractivity contribution is 6.60. The third kappa shape index (κ3) is 1.60. The Labute approximate surface area is 96.4 Å².